The van der Waals surface area contributed by atoms with Crippen molar-refractivity contribution in [1.82, 2.24) is 0 Å². The second-order valence-electron chi connectivity index (χ2n) is 3.89. The predicted molar refractivity (Wildman–Crippen MR) is 43.5 cm³/mol. The Balaban J connectivity index is 4.40. The Morgan fingerprint density at radius 2 is 1.70 bits per heavy atom. The van der Waals surface area contributed by atoms with Crippen molar-refractivity contribution in [2.24, 2.45) is 16.5 Å². The Morgan fingerprint density at radius 3 is 1.70 bits per heavy atom. The van der Waals surface area contributed by atoms with Crippen LogP contribution in [-0.4, -0.2) is 10.9 Å². The van der Waals surface area contributed by atoms with Crippen molar-refractivity contribution in [2.75, 3.05) is 0 Å². The first-order chi connectivity index (χ1) is 4.39. The molecule has 0 aliphatic heterocycles. The fourth-order valence-corrected chi connectivity index (χ4v) is 1.13. The third-order valence-corrected chi connectivity index (χ3v) is 1.42. The summed E-state index contributed by atoms with van der Waals surface area (Å²) in [4.78, 5) is 0. The van der Waals surface area contributed by atoms with Crippen LogP contribution in [0, 0.1) is 11.3 Å². The fraction of sp³-hybridized carbons (Fsp3) is 0.875. The van der Waals surface area contributed by atoms with Crippen LogP contribution in [-0.2, 0) is 0 Å². The maximum absolute atomic E-state index is 8.62. The van der Waals surface area contributed by atoms with Gasteiger partial charge in [-0.3, -0.25) is 0 Å². The molecule has 0 aromatic heterocycles. The molecule has 0 saturated carbocycles. The first-order valence-corrected chi connectivity index (χ1v) is 3.62. The summed E-state index contributed by atoms with van der Waals surface area (Å²) in [6, 6.07) is 0. The standard InChI is InChI=1S/C8H17NO/c1-6(2)7(9-10)8(3,4)5/h6,10H,1-5H3. The lowest BCUT2D eigenvalue weighted by atomic mass is 9.84. The molecule has 0 atom stereocenters. The lowest BCUT2D eigenvalue weighted by Crippen LogP contribution is -2.25. The molecule has 0 unspecified atom stereocenters. The van der Waals surface area contributed by atoms with E-state index in [0.29, 0.717) is 5.92 Å². The minimum absolute atomic E-state index is 0.0110. The van der Waals surface area contributed by atoms with Crippen molar-refractivity contribution in [3.05, 3.63) is 0 Å². The van der Waals surface area contributed by atoms with Crippen molar-refractivity contribution in [3.63, 3.8) is 0 Å². The normalized spacial score (nSPS) is 14.4. The largest absolute Gasteiger partial charge is 0.411 e. The van der Waals surface area contributed by atoms with Crippen LogP contribution in [0.25, 0.3) is 0 Å². The van der Waals surface area contributed by atoms with E-state index in [-0.39, 0.29) is 5.41 Å². The van der Waals surface area contributed by atoms with Gasteiger partial charge in [-0.15, -0.1) is 0 Å². The Morgan fingerprint density at radius 1 is 1.30 bits per heavy atom. The monoisotopic (exact) mass is 143 g/mol. The Hall–Kier alpha value is -0.530. The molecule has 2 heteroatoms. The van der Waals surface area contributed by atoms with Gasteiger partial charge < -0.3 is 5.21 Å². The topological polar surface area (TPSA) is 32.6 Å². The smallest absolute Gasteiger partial charge is 0.0649 e. The molecule has 0 bridgehead atoms. The maximum Gasteiger partial charge on any atom is 0.0649 e. The average Bonchev–Trinajstić information content (AvgIpc) is 1.60. The van der Waals surface area contributed by atoms with Crippen molar-refractivity contribution in [1.29, 1.82) is 0 Å². The molecule has 0 aromatic rings. The van der Waals surface area contributed by atoms with Crippen LogP contribution in [0.5, 0.6) is 0 Å². The molecule has 60 valence electrons. The fourth-order valence-electron chi connectivity index (χ4n) is 1.13. The van der Waals surface area contributed by atoms with E-state index in [2.05, 4.69) is 5.16 Å². The molecule has 0 saturated heterocycles. The molecule has 0 fully saturated rings. The van der Waals surface area contributed by atoms with Gasteiger partial charge in [0, 0.05) is 5.41 Å². The van der Waals surface area contributed by atoms with Crippen LogP contribution < -0.4 is 0 Å². The number of oxime groups is 1. The third kappa shape index (κ3) is 2.38. The van der Waals surface area contributed by atoms with Crippen molar-refractivity contribution < 1.29 is 5.21 Å². The lowest BCUT2D eigenvalue weighted by molar-refractivity contribution is 0.306. The summed E-state index contributed by atoms with van der Waals surface area (Å²) >= 11 is 0. The minimum atomic E-state index is -0.0110. The lowest BCUT2D eigenvalue weighted by Gasteiger charge is -2.22. The molecule has 0 rings (SSSR count). The van der Waals surface area contributed by atoms with Gasteiger partial charge >= 0.3 is 0 Å². The van der Waals surface area contributed by atoms with Gasteiger partial charge in [0.1, 0.15) is 0 Å². The number of nitrogens with zero attached hydrogens (tertiary/aromatic N) is 1. The number of hydrogen-bond acceptors (Lipinski definition) is 2. The van der Waals surface area contributed by atoms with Gasteiger partial charge in [-0.05, 0) is 5.92 Å². The summed E-state index contributed by atoms with van der Waals surface area (Å²) in [5.41, 5.74) is 0.843. The minimum Gasteiger partial charge on any atom is -0.411 e. The molecule has 1 N–H and O–H groups in total. The van der Waals surface area contributed by atoms with Crippen LogP contribution in [0.3, 0.4) is 0 Å². The van der Waals surface area contributed by atoms with Crippen LogP contribution in [0.4, 0.5) is 0 Å². The highest BCUT2D eigenvalue weighted by atomic mass is 16.4. The van der Waals surface area contributed by atoms with Gasteiger partial charge in [0.25, 0.3) is 0 Å². The maximum atomic E-state index is 8.62. The van der Waals surface area contributed by atoms with Crippen molar-refractivity contribution in [3.8, 4) is 0 Å². The van der Waals surface area contributed by atoms with Gasteiger partial charge in [-0.2, -0.15) is 0 Å². The zero-order valence-electron chi connectivity index (χ0n) is 7.47. The Labute approximate surface area is 62.9 Å². The first-order valence-electron chi connectivity index (χ1n) is 3.62. The van der Waals surface area contributed by atoms with E-state index in [1.165, 1.54) is 0 Å². The van der Waals surface area contributed by atoms with Gasteiger partial charge in [0.2, 0.25) is 0 Å². The van der Waals surface area contributed by atoms with Gasteiger partial charge in [-0.25, -0.2) is 0 Å². The van der Waals surface area contributed by atoms with Crippen molar-refractivity contribution >= 4 is 5.71 Å². The van der Waals surface area contributed by atoms with Crippen molar-refractivity contribution in [2.45, 2.75) is 34.6 Å². The van der Waals surface area contributed by atoms with Crippen LogP contribution in [0.2, 0.25) is 0 Å². The predicted octanol–water partition coefficient (Wildman–Crippen LogP) is 2.52. The summed E-state index contributed by atoms with van der Waals surface area (Å²) < 4.78 is 0. The van der Waals surface area contributed by atoms with Gasteiger partial charge in [0.05, 0.1) is 5.71 Å². The molecule has 0 heterocycles. The quantitative estimate of drug-likeness (QED) is 0.341. The SMILES string of the molecule is CC(C)C(=NO)C(C)(C)C. The molecule has 0 amide bonds. The van der Waals surface area contributed by atoms with E-state index in [1.807, 2.05) is 34.6 Å². The molecule has 0 aliphatic rings. The van der Waals surface area contributed by atoms with E-state index in [1.54, 1.807) is 0 Å². The molecule has 0 spiro atoms. The molecule has 10 heavy (non-hydrogen) atoms. The van der Waals surface area contributed by atoms with E-state index >= 15 is 0 Å². The van der Waals surface area contributed by atoms with Gasteiger partial charge in [0.15, 0.2) is 0 Å². The Bertz CT molecular complexity index is 131. The second kappa shape index (κ2) is 3.04. The van der Waals surface area contributed by atoms with E-state index in [4.69, 9.17) is 5.21 Å². The van der Waals surface area contributed by atoms with E-state index in [0.717, 1.165) is 5.71 Å². The molecule has 0 radical (unpaired) electrons. The van der Waals surface area contributed by atoms with Crippen LogP contribution >= 0.6 is 0 Å². The number of hydrogen-bond donors (Lipinski definition) is 1. The summed E-state index contributed by atoms with van der Waals surface area (Å²) in [6.07, 6.45) is 0. The highest BCUT2D eigenvalue weighted by Crippen LogP contribution is 2.20. The summed E-state index contributed by atoms with van der Waals surface area (Å²) in [5, 5.41) is 11.9. The number of rotatable bonds is 1. The van der Waals surface area contributed by atoms with E-state index < -0.39 is 0 Å². The summed E-state index contributed by atoms with van der Waals surface area (Å²) in [5.74, 6) is 0.324. The molecular formula is C8H17NO. The van der Waals surface area contributed by atoms with Gasteiger partial charge in [-0.1, -0.05) is 39.8 Å². The molecule has 0 aromatic carbocycles. The summed E-state index contributed by atoms with van der Waals surface area (Å²) in [7, 11) is 0. The van der Waals surface area contributed by atoms with Crippen LogP contribution in [0.15, 0.2) is 5.16 Å². The molecule has 2 nitrogen and oxygen atoms in total. The van der Waals surface area contributed by atoms with E-state index in [9.17, 15) is 0 Å². The zero-order chi connectivity index (χ0) is 8.36. The highest BCUT2D eigenvalue weighted by Gasteiger charge is 2.21. The molecular weight excluding hydrogens is 126 g/mol. The second-order valence-corrected chi connectivity index (χ2v) is 3.89. The molecule has 0 aliphatic carbocycles. The third-order valence-electron chi connectivity index (χ3n) is 1.42. The highest BCUT2D eigenvalue weighted by molar-refractivity contribution is 5.90. The first kappa shape index (κ1) is 9.47. The Kier molecular flexibility index (Phi) is 2.88. The zero-order valence-corrected chi connectivity index (χ0v) is 7.47. The van der Waals surface area contributed by atoms with Crippen LogP contribution in [0.1, 0.15) is 34.6 Å². The average molecular weight is 143 g/mol. The summed E-state index contributed by atoms with van der Waals surface area (Å²) in [6.45, 7) is 10.2.